The van der Waals surface area contributed by atoms with Gasteiger partial charge in [-0.3, -0.25) is 14.6 Å². The molecular weight excluding hydrogens is 354 g/mol. The molecule has 0 aliphatic heterocycles. The Kier molecular flexibility index (Phi) is 6.22. The van der Waals surface area contributed by atoms with Crippen molar-refractivity contribution in [2.24, 2.45) is 0 Å². The van der Waals surface area contributed by atoms with Gasteiger partial charge in [-0.2, -0.15) is 0 Å². The maximum absolute atomic E-state index is 12.5. The van der Waals surface area contributed by atoms with Crippen molar-refractivity contribution in [1.29, 1.82) is 0 Å². The van der Waals surface area contributed by atoms with Crippen molar-refractivity contribution < 1.29 is 14.3 Å². The highest BCUT2D eigenvalue weighted by Gasteiger charge is 2.15. The summed E-state index contributed by atoms with van der Waals surface area (Å²) in [5, 5.41) is 3.82. The number of nitrogens with zero attached hydrogens (tertiary/aromatic N) is 2. The monoisotopic (exact) mass is 377 g/mol. The molecule has 3 aromatic rings. The maximum atomic E-state index is 12.5. The van der Waals surface area contributed by atoms with E-state index in [1.807, 2.05) is 54.6 Å². The third kappa shape index (κ3) is 4.85. The molecule has 3 rings (SSSR count). The Labute approximate surface area is 164 Å². The number of aromatic nitrogens is 1. The molecule has 28 heavy (non-hydrogen) atoms. The predicted octanol–water partition coefficient (Wildman–Crippen LogP) is 3.27. The van der Waals surface area contributed by atoms with Gasteiger partial charge in [0.2, 0.25) is 11.8 Å². The minimum Gasteiger partial charge on any atom is -0.497 e. The van der Waals surface area contributed by atoms with E-state index in [4.69, 9.17) is 4.74 Å². The van der Waals surface area contributed by atoms with E-state index in [9.17, 15) is 9.59 Å². The first-order chi connectivity index (χ1) is 13.6. The van der Waals surface area contributed by atoms with Crippen molar-refractivity contribution in [3.63, 3.8) is 0 Å². The van der Waals surface area contributed by atoms with Gasteiger partial charge in [0.1, 0.15) is 5.75 Å². The number of hydrogen-bond acceptors (Lipinski definition) is 4. The number of hydrogen-bond donors (Lipinski definition) is 1. The predicted molar refractivity (Wildman–Crippen MR) is 109 cm³/mol. The second-order valence-corrected chi connectivity index (χ2v) is 6.47. The van der Waals surface area contributed by atoms with Crippen molar-refractivity contribution >= 4 is 28.4 Å². The zero-order valence-corrected chi connectivity index (χ0v) is 16.0. The Balaban J connectivity index is 1.64. The molecule has 0 unspecified atom stereocenters. The Morgan fingerprint density at radius 2 is 1.89 bits per heavy atom. The van der Waals surface area contributed by atoms with Crippen LogP contribution < -0.4 is 10.1 Å². The summed E-state index contributed by atoms with van der Waals surface area (Å²) in [5.41, 5.74) is 2.41. The highest BCUT2D eigenvalue weighted by atomic mass is 16.5. The fraction of sp³-hybridized carbons (Fsp3) is 0.227. The number of ether oxygens (including phenoxy) is 1. The van der Waals surface area contributed by atoms with Crippen LogP contribution in [0.1, 0.15) is 12.5 Å². The van der Waals surface area contributed by atoms with Gasteiger partial charge in [-0.1, -0.05) is 30.3 Å². The molecule has 1 aromatic heterocycles. The Bertz CT molecular complexity index is 982. The van der Waals surface area contributed by atoms with Gasteiger partial charge < -0.3 is 15.0 Å². The van der Waals surface area contributed by atoms with Crippen molar-refractivity contribution in [2.45, 2.75) is 13.3 Å². The van der Waals surface area contributed by atoms with Gasteiger partial charge >= 0.3 is 0 Å². The molecule has 0 saturated carbocycles. The van der Waals surface area contributed by atoms with Gasteiger partial charge in [0.15, 0.2) is 0 Å². The summed E-state index contributed by atoms with van der Waals surface area (Å²) in [6.07, 6.45) is 2.33. The van der Waals surface area contributed by atoms with Gasteiger partial charge in [0.25, 0.3) is 0 Å². The molecule has 1 heterocycles. The zero-order valence-electron chi connectivity index (χ0n) is 16.0. The summed E-state index contributed by atoms with van der Waals surface area (Å²) in [4.78, 5) is 30.4. The summed E-state index contributed by atoms with van der Waals surface area (Å²) in [7, 11) is 1.62. The number of amides is 2. The van der Waals surface area contributed by atoms with Gasteiger partial charge in [-0.05, 0) is 36.2 Å². The lowest BCUT2D eigenvalue weighted by Gasteiger charge is -2.21. The van der Waals surface area contributed by atoms with Crippen LogP contribution in [0, 0.1) is 0 Å². The molecule has 6 nitrogen and oxygen atoms in total. The first-order valence-corrected chi connectivity index (χ1v) is 9.09. The molecule has 0 radical (unpaired) electrons. The first kappa shape index (κ1) is 19.4. The number of nitrogens with one attached hydrogen (secondary N) is 1. The molecule has 0 fully saturated rings. The fourth-order valence-corrected chi connectivity index (χ4v) is 3.01. The van der Waals surface area contributed by atoms with Crippen LogP contribution >= 0.6 is 0 Å². The van der Waals surface area contributed by atoms with Crippen LogP contribution in [0.25, 0.3) is 10.9 Å². The summed E-state index contributed by atoms with van der Waals surface area (Å²) in [5.74, 6) is 0.376. The molecule has 0 saturated heterocycles. The van der Waals surface area contributed by atoms with Gasteiger partial charge in [0, 0.05) is 25.1 Å². The van der Waals surface area contributed by atoms with E-state index >= 15 is 0 Å². The number of pyridine rings is 1. The highest BCUT2D eigenvalue weighted by molar-refractivity contribution is 6.01. The molecule has 2 amide bonds. The Morgan fingerprint density at radius 3 is 2.68 bits per heavy atom. The quantitative estimate of drug-likeness (QED) is 0.686. The molecule has 144 valence electrons. The standard InChI is InChI=1S/C22H23N3O3/c1-16(26)25(13-11-17-6-3-9-19(14-17)28-2)15-21(27)24-20-10-4-7-18-8-5-12-23-22(18)20/h3-10,12,14H,11,13,15H2,1-2H3,(H,24,27). The van der Waals surface area contributed by atoms with Crippen molar-refractivity contribution in [1.82, 2.24) is 9.88 Å². The SMILES string of the molecule is COc1cccc(CCN(CC(=O)Nc2cccc3cccnc23)C(C)=O)c1. The normalized spacial score (nSPS) is 10.5. The maximum Gasteiger partial charge on any atom is 0.244 e. The van der Waals surface area contributed by atoms with Crippen LogP contribution in [0.3, 0.4) is 0 Å². The van der Waals surface area contributed by atoms with Crippen LogP contribution in [0.15, 0.2) is 60.8 Å². The molecule has 0 aliphatic rings. The van der Waals surface area contributed by atoms with E-state index in [1.165, 1.54) is 11.8 Å². The number of anilines is 1. The van der Waals surface area contributed by atoms with Crippen molar-refractivity contribution in [2.75, 3.05) is 25.5 Å². The van der Waals surface area contributed by atoms with Gasteiger partial charge in [0.05, 0.1) is 24.9 Å². The third-order valence-corrected chi connectivity index (χ3v) is 4.49. The lowest BCUT2D eigenvalue weighted by atomic mass is 10.1. The lowest BCUT2D eigenvalue weighted by Crippen LogP contribution is -2.38. The van der Waals surface area contributed by atoms with E-state index in [-0.39, 0.29) is 18.4 Å². The number of carbonyl (C=O) groups excluding carboxylic acids is 2. The number of fused-ring (bicyclic) bond motifs is 1. The molecule has 0 bridgehead atoms. The Hall–Kier alpha value is -3.41. The summed E-state index contributed by atoms with van der Waals surface area (Å²) >= 11 is 0. The van der Waals surface area contributed by atoms with Crippen LogP contribution in [-0.4, -0.2) is 41.9 Å². The molecular formula is C22H23N3O3. The average molecular weight is 377 g/mol. The van der Waals surface area contributed by atoms with E-state index in [0.29, 0.717) is 18.7 Å². The topological polar surface area (TPSA) is 71.5 Å². The molecule has 6 heteroatoms. The van der Waals surface area contributed by atoms with E-state index < -0.39 is 0 Å². The largest absolute Gasteiger partial charge is 0.497 e. The summed E-state index contributed by atoms with van der Waals surface area (Å²) < 4.78 is 5.22. The van der Waals surface area contributed by atoms with Crippen LogP contribution in [-0.2, 0) is 16.0 Å². The molecule has 2 aromatic carbocycles. The summed E-state index contributed by atoms with van der Waals surface area (Å²) in [6, 6.07) is 17.1. The molecule has 0 atom stereocenters. The van der Waals surface area contributed by atoms with Crippen molar-refractivity contribution in [3.8, 4) is 5.75 Å². The Morgan fingerprint density at radius 1 is 1.11 bits per heavy atom. The smallest absolute Gasteiger partial charge is 0.244 e. The number of methoxy groups -OCH3 is 1. The van der Waals surface area contributed by atoms with Crippen LogP contribution in [0.4, 0.5) is 5.69 Å². The highest BCUT2D eigenvalue weighted by Crippen LogP contribution is 2.20. The van der Waals surface area contributed by atoms with E-state index in [1.54, 1.807) is 13.3 Å². The molecule has 1 N–H and O–H groups in total. The van der Waals surface area contributed by atoms with Gasteiger partial charge in [-0.15, -0.1) is 0 Å². The number of para-hydroxylation sites is 1. The molecule has 0 aliphatic carbocycles. The average Bonchev–Trinajstić information content (AvgIpc) is 2.71. The third-order valence-electron chi connectivity index (χ3n) is 4.49. The van der Waals surface area contributed by atoms with Crippen LogP contribution in [0.2, 0.25) is 0 Å². The van der Waals surface area contributed by atoms with Crippen LogP contribution in [0.5, 0.6) is 5.75 Å². The second kappa shape index (κ2) is 8.99. The number of benzene rings is 2. The minimum absolute atomic E-state index is 0.0114. The number of rotatable bonds is 7. The molecule has 0 spiro atoms. The minimum atomic E-state index is -0.251. The number of carbonyl (C=O) groups is 2. The van der Waals surface area contributed by atoms with E-state index in [0.717, 1.165) is 22.2 Å². The lowest BCUT2D eigenvalue weighted by molar-refractivity contribution is -0.132. The first-order valence-electron chi connectivity index (χ1n) is 9.09. The fourth-order valence-electron chi connectivity index (χ4n) is 3.01. The van der Waals surface area contributed by atoms with Crippen molar-refractivity contribution in [3.05, 3.63) is 66.4 Å². The van der Waals surface area contributed by atoms with E-state index in [2.05, 4.69) is 10.3 Å². The zero-order chi connectivity index (χ0) is 19.9. The summed E-state index contributed by atoms with van der Waals surface area (Å²) in [6.45, 7) is 1.91. The van der Waals surface area contributed by atoms with Gasteiger partial charge in [-0.25, -0.2) is 0 Å². The second-order valence-electron chi connectivity index (χ2n) is 6.47.